The number of hydrogen-bond acceptors (Lipinski definition) is 2. The van der Waals surface area contributed by atoms with Crippen molar-refractivity contribution in [3.05, 3.63) is 88.3 Å². The fourth-order valence-corrected chi connectivity index (χ4v) is 1.67. The minimum atomic E-state index is 0.0609. The summed E-state index contributed by atoms with van der Waals surface area (Å²) in [5, 5.41) is 8.85. The van der Waals surface area contributed by atoms with Crippen molar-refractivity contribution in [3.63, 3.8) is 0 Å². The lowest BCUT2D eigenvalue weighted by Gasteiger charge is -2.08. The van der Waals surface area contributed by atoms with E-state index in [4.69, 9.17) is 16.6 Å². The van der Waals surface area contributed by atoms with Crippen LogP contribution in [0, 0.1) is 24.8 Å². The SMILES string of the molecule is [C-]#[N+]/C(C#N)=C1\C=COC(/C=C/c2ccc(C)cc2)=C1. The third kappa shape index (κ3) is 3.25. The van der Waals surface area contributed by atoms with Gasteiger partial charge < -0.3 is 4.74 Å². The highest BCUT2D eigenvalue weighted by molar-refractivity contribution is 5.55. The third-order valence-electron chi connectivity index (χ3n) is 2.76. The van der Waals surface area contributed by atoms with Crippen LogP contribution in [0.3, 0.4) is 0 Å². The Morgan fingerprint density at radius 2 is 2.05 bits per heavy atom. The molecule has 1 aromatic rings. The maximum Gasteiger partial charge on any atom is 0.269 e. The normalized spacial score (nSPS) is 16.1. The molecule has 3 nitrogen and oxygen atoms in total. The van der Waals surface area contributed by atoms with E-state index in [1.165, 1.54) is 11.8 Å². The van der Waals surface area contributed by atoms with E-state index in [1.54, 1.807) is 12.2 Å². The van der Waals surface area contributed by atoms with Gasteiger partial charge in [-0.3, -0.25) is 0 Å². The molecular weight excluding hydrogens is 248 g/mol. The lowest BCUT2D eigenvalue weighted by molar-refractivity contribution is 0.364. The largest absolute Gasteiger partial charge is 0.465 e. The zero-order valence-electron chi connectivity index (χ0n) is 11.0. The summed E-state index contributed by atoms with van der Waals surface area (Å²) in [5.74, 6) is 0.597. The number of ether oxygens (including phenoxy) is 1. The maximum absolute atomic E-state index is 8.85. The van der Waals surface area contributed by atoms with Crippen LogP contribution >= 0.6 is 0 Å². The van der Waals surface area contributed by atoms with Crippen molar-refractivity contribution in [2.24, 2.45) is 0 Å². The Bertz CT molecular complexity index is 689. The fraction of sp³-hybridized carbons (Fsp3) is 0.0588. The van der Waals surface area contributed by atoms with Gasteiger partial charge in [0.2, 0.25) is 0 Å². The van der Waals surface area contributed by atoms with E-state index < -0.39 is 0 Å². The van der Waals surface area contributed by atoms with Crippen LogP contribution in [0.4, 0.5) is 0 Å². The van der Waals surface area contributed by atoms with Crippen LogP contribution in [0.5, 0.6) is 0 Å². The average molecular weight is 260 g/mol. The van der Waals surface area contributed by atoms with E-state index in [1.807, 2.05) is 49.4 Å². The summed E-state index contributed by atoms with van der Waals surface area (Å²) < 4.78 is 5.34. The molecule has 1 aliphatic rings. The second kappa shape index (κ2) is 6.22. The Hall–Kier alpha value is -3.04. The predicted octanol–water partition coefficient (Wildman–Crippen LogP) is 4.13. The molecule has 0 N–H and O–H groups in total. The predicted molar refractivity (Wildman–Crippen MR) is 77.8 cm³/mol. The van der Waals surface area contributed by atoms with Crippen LogP contribution in [0.25, 0.3) is 10.9 Å². The molecule has 0 radical (unpaired) electrons. The van der Waals surface area contributed by atoms with E-state index in [0.29, 0.717) is 11.3 Å². The summed E-state index contributed by atoms with van der Waals surface area (Å²) in [5.41, 5.74) is 2.90. The molecule has 1 heterocycles. The first kappa shape index (κ1) is 13.4. The lowest BCUT2D eigenvalue weighted by Crippen LogP contribution is -1.91. The standard InChI is InChI=1S/C17H12N2O/c1-13-3-5-14(6-4-13)7-8-16-11-15(9-10-20-16)17(12-18)19-2/h3-11H,1H3/b8-7+,17-15+. The third-order valence-corrected chi connectivity index (χ3v) is 2.76. The highest BCUT2D eigenvalue weighted by atomic mass is 16.5. The minimum absolute atomic E-state index is 0.0609. The Kier molecular flexibility index (Phi) is 4.17. The highest BCUT2D eigenvalue weighted by Gasteiger charge is 2.06. The summed E-state index contributed by atoms with van der Waals surface area (Å²) in [6, 6.07) is 9.97. The molecule has 0 aliphatic carbocycles. The van der Waals surface area contributed by atoms with E-state index in [9.17, 15) is 0 Å². The molecule has 0 amide bonds. The highest BCUT2D eigenvalue weighted by Crippen LogP contribution is 2.19. The number of hydrogen-bond donors (Lipinski definition) is 0. The first-order valence-corrected chi connectivity index (χ1v) is 6.04. The van der Waals surface area contributed by atoms with E-state index in [2.05, 4.69) is 4.85 Å². The van der Waals surface area contributed by atoms with Crippen LogP contribution in [0.2, 0.25) is 0 Å². The summed E-state index contributed by atoms with van der Waals surface area (Å²) in [7, 11) is 0. The first-order chi connectivity index (χ1) is 9.72. The summed E-state index contributed by atoms with van der Waals surface area (Å²) in [6.45, 7) is 8.98. The van der Waals surface area contributed by atoms with Gasteiger partial charge in [-0.15, -0.1) is 0 Å². The van der Waals surface area contributed by atoms with Crippen molar-refractivity contribution in [3.8, 4) is 6.07 Å². The van der Waals surface area contributed by atoms with Gasteiger partial charge in [0.05, 0.1) is 18.9 Å². The van der Waals surface area contributed by atoms with E-state index in [0.717, 1.165) is 5.56 Å². The number of aryl methyl sites for hydroxylation is 1. The number of nitriles is 1. The second-order valence-electron chi connectivity index (χ2n) is 4.24. The Morgan fingerprint density at radius 1 is 1.30 bits per heavy atom. The summed E-state index contributed by atoms with van der Waals surface area (Å²) in [4.78, 5) is 3.19. The molecule has 2 rings (SSSR count). The quantitative estimate of drug-likeness (QED) is 0.592. The van der Waals surface area contributed by atoms with Gasteiger partial charge in [-0.05, 0) is 36.3 Å². The van der Waals surface area contributed by atoms with E-state index >= 15 is 0 Å². The first-order valence-electron chi connectivity index (χ1n) is 6.04. The zero-order chi connectivity index (χ0) is 14.4. The molecular formula is C17H12N2O. The van der Waals surface area contributed by atoms with Gasteiger partial charge >= 0.3 is 0 Å². The van der Waals surface area contributed by atoms with Gasteiger partial charge in [0.25, 0.3) is 5.70 Å². The van der Waals surface area contributed by atoms with Crippen LogP contribution in [-0.2, 0) is 4.74 Å². The number of rotatable bonds is 2. The van der Waals surface area contributed by atoms with Crippen LogP contribution in [-0.4, -0.2) is 0 Å². The van der Waals surface area contributed by atoms with Crippen LogP contribution < -0.4 is 0 Å². The number of nitrogens with zero attached hydrogens (tertiary/aromatic N) is 2. The summed E-state index contributed by atoms with van der Waals surface area (Å²) >= 11 is 0. The topological polar surface area (TPSA) is 37.4 Å². The van der Waals surface area contributed by atoms with Crippen molar-refractivity contribution in [1.82, 2.24) is 0 Å². The monoisotopic (exact) mass is 260 g/mol. The van der Waals surface area contributed by atoms with Gasteiger partial charge in [0, 0.05) is 0 Å². The number of benzene rings is 1. The molecule has 1 aromatic carbocycles. The van der Waals surface area contributed by atoms with Gasteiger partial charge in [0.1, 0.15) is 5.76 Å². The molecule has 20 heavy (non-hydrogen) atoms. The van der Waals surface area contributed by atoms with Crippen molar-refractivity contribution in [1.29, 1.82) is 5.26 Å². The molecule has 0 unspecified atom stereocenters. The molecule has 0 fully saturated rings. The smallest absolute Gasteiger partial charge is 0.269 e. The molecule has 0 saturated carbocycles. The molecule has 96 valence electrons. The molecule has 0 aromatic heterocycles. The minimum Gasteiger partial charge on any atom is -0.465 e. The lowest BCUT2D eigenvalue weighted by atomic mass is 10.1. The van der Waals surface area contributed by atoms with Crippen molar-refractivity contribution < 1.29 is 4.74 Å². The van der Waals surface area contributed by atoms with Crippen molar-refractivity contribution >= 4 is 6.08 Å². The fourth-order valence-electron chi connectivity index (χ4n) is 1.67. The van der Waals surface area contributed by atoms with Gasteiger partial charge in [-0.1, -0.05) is 35.9 Å². The Labute approximate surface area is 118 Å². The van der Waals surface area contributed by atoms with Gasteiger partial charge in [-0.2, -0.15) is 0 Å². The number of allylic oxidation sites excluding steroid dienone is 5. The van der Waals surface area contributed by atoms with Crippen LogP contribution in [0.1, 0.15) is 11.1 Å². The Balaban J connectivity index is 2.23. The van der Waals surface area contributed by atoms with Gasteiger partial charge in [-0.25, -0.2) is 10.1 Å². The zero-order valence-corrected chi connectivity index (χ0v) is 11.0. The average Bonchev–Trinajstić information content (AvgIpc) is 2.48. The molecule has 0 saturated heterocycles. The van der Waals surface area contributed by atoms with Crippen molar-refractivity contribution in [2.75, 3.05) is 0 Å². The molecule has 0 spiro atoms. The molecule has 3 heteroatoms. The Morgan fingerprint density at radius 3 is 2.70 bits per heavy atom. The molecule has 0 atom stereocenters. The summed E-state index contributed by atoms with van der Waals surface area (Å²) in [6.07, 6.45) is 8.51. The van der Waals surface area contributed by atoms with Crippen molar-refractivity contribution in [2.45, 2.75) is 6.92 Å². The van der Waals surface area contributed by atoms with E-state index in [-0.39, 0.29) is 5.70 Å². The van der Waals surface area contributed by atoms with Crippen LogP contribution in [0.15, 0.2) is 65.8 Å². The molecule has 1 aliphatic heterocycles. The van der Waals surface area contributed by atoms with Gasteiger partial charge in [0.15, 0.2) is 0 Å². The second-order valence-corrected chi connectivity index (χ2v) is 4.24. The maximum atomic E-state index is 8.85. The molecule has 0 bridgehead atoms.